The van der Waals surface area contributed by atoms with Gasteiger partial charge in [-0.1, -0.05) is 12.1 Å². The Morgan fingerprint density at radius 2 is 2.43 bits per heavy atom. The van der Waals surface area contributed by atoms with Crippen LogP contribution in [-0.2, 0) is 4.74 Å². The van der Waals surface area contributed by atoms with Crippen molar-refractivity contribution in [3.63, 3.8) is 0 Å². The van der Waals surface area contributed by atoms with E-state index in [9.17, 15) is 0 Å². The van der Waals surface area contributed by atoms with Gasteiger partial charge >= 0.3 is 0 Å². The Labute approximate surface area is 133 Å². The van der Waals surface area contributed by atoms with Gasteiger partial charge in [-0.05, 0) is 30.2 Å². The molecule has 0 bridgehead atoms. The van der Waals surface area contributed by atoms with Gasteiger partial charge < -0.3 is 14.8 Å². The molecule has 0 saturated carbocycles. The fraction of sp³-hybridized carbons (Fsp3) is 0.333. The largest absolute Gasteiger partial charge is 0.489 e. The summed E-state index contributed by atoms with van der Waals surface area (Å²) in [5.41, 5.74) is 1.02. The second-order valence-electron chi connectivity index (χ2n) is 4.99. The fourth-order valence-corrected chi connectivity index (χ4v) is 2.24. The summed E-state index contributed by atoms with van der Waals surface area (Å²) in [6.07, 6.45) is 3.77. The van der Waals surface area contributed by atoms with Crippen LogP contribution in [0.5, 0.6) is 5.75 Å². The third-order valence-corrected chi connectivity index (χ3v) is 3.41. The number of nitrogens with one attached hydrogen (secondary N) is 2. The minimum absolute atomic E-state index is 0.146. The lowest BCUT2D eigenvalue weighted by Gasteiger charge is -2.14. The zero-order valence-electron chi connectivity index (χ0n) is 12.4. The number of anilines is 1. The molecule has 0 radical (unpaired) electrons. The zero-order chi connectivity index (χ0) is 15.9. The first kappa shape index (κ1) is 15.0. The van der Waals surface area contributed by atoms with Crippen LogP contribution in [0.4, 0.5) is 5.69 Å². The average Bonchev–Trinajstić information content (AvgIpc) is 3.28. The summed E-state index contributed by atoms with van der Waals surface area (Å²) in [7, 11) is 0. The zero-order valence-corrected chi connectivity index (χ0v) is 12.4. The van der Waals surface area contributed by atoms with Crippen LogP contribution in [-0.4, -0.2) is 39.9 Å². The number of H-pyrrole nitrogens is 1. The maximum Gasteiger partial charge on any atom is 0.216 e. The van der Waals surface area contributed by atoms with Crippen LogP contribution in [0, 0.1) is 11.3 Å². The first-order valence-corrected chi connectivity index (χ1v) is 7.31. The predicted molar refractivity (Wildman–Crippen MR) is 82.3 cm³/mol. The molecule has 2 heterocycles. The van der Waals surface area contributed by atoms with Gasteiger partial charge in [0.25, 0.3) is 0 Å². The van der Waals surface area contributed by atoms with Crippen LogP contribution in [0.3, 0.4) is 0 Å². The quantitative estimate of drug-likeness (QED) is 0.782. The number of hydrogen-bond acceptors (Lipinski definition) is 7. The number of aromatic nitrogens is 4. The molecule has 1 aromatic carbocycles. The molecule has 0 aliphatic carbocycles. The smallest absolute Gasteiger partial charge is 0.216 e. The number of hydrogen-bond donors (Lipinski definition) is 2. The molecule has 8 nitrogen and oxygen atoms in total. The number of nitrogens with zero attached hydrogens (tertiary/aromatic N) is 4. The SMILES string of the molecule is N#CC(=CNc1ccccc1OCC1CCCO1)c1nn[nH]n1. The van der Waals surface area contributed by atoms with Gasteiger partial charge in [-0.2, -0.15) is 10.5 Å². The highest BCUT2D eigenvalue weighted by Crippen LogP contribution is 2.25. The van der Waals surface area contributed by atoms with Gasteiger partial charge in [-0.25, -0.2) is 0 Å². The first-order valence-electron chi connectivity index (χ1n) is 7.31. The van der Waals surface area contributed by atoms with E-state index in [1.807, 2.05) is 30.3 Å². The normalized spacial score (nSPS) is 17.7. The van der Waals surface area contributed by atoms with E-state index in [0.29, 0.717) is 12.4 Å². The Morgan fingerprint density at radius 3 is 3.17 bits per heavy atom. The molecule has 1 aliphatic rings. The molecule has 1 unspecified atom stereocenters. The van der Waals surface area contributed by atoms with E-state index in [1.165, 1.54) is 6.20 Å². The molecule has 2 aromatic rings. The molecule has 23 heavy (non-hydrogen) atoms. The van der Waals surface area contributed by atoms with Crippen molar-refractivity contribution in [3.05, 3.63) is 36.3 Å². The molecule has 0 spiro atoms. The molecule has 118 valence electrons. The highest BCUT2D eigenvalue weighted by molar-refractivity contribution is 5.74. The van der Waals surface area contributed by atoms with Crippen molar-refractivity contribution in [1.82, 2.24) is 20.6 Å². The topological polar surface area (TPSA) is 109 Å². The summed E-state index contributed by atoms with van der Waals surface area (Å²) in [4.78, 5) is 0. The lowest BCUT2D eigenvalue weighted by Crippen LogP contribution is -2.16. The number of allylic oxidation sites excluding steroid dienone is 1. The number of para-hydroxylation sites is 2. The lowest BCUT2D eigenvalue weighted by atomic mass is 10.2. The summed E-state index contributed by atoms with van der Waals surface area (Å²) in [6.45, 7) is 1.31. The minimum Gasteiger partial charge on any atom is -0.489 e. The lowest BCUT2D eigenvalue weighted by molar-refractivity contribution is 0.0682. The van der Waals surface area contributed by atoms with Gasteiger partial charge in [0, 0.05) is 12.8 Å². The number of nitriles is 1. The van der Waals surface area contributed by atoms with Crippen LogP contribution >= 0.6 is 0 Å². The molecule has 2 N–H and O–H groups in total. The van der Waals surface area contributed by atoms with E-state index < -0.39 is 0 Å². The molecule has 1 aromatic heterocycles. The van der Waals surface area contributed by atoms with Crippen molar-refractivity contribution in [3.8, 4) is 11.8 Å². The van der Waals surface area contributed by atoms with E-state index in [-0.39, 0.29) is 17.5 Å². The summed E-state index contributed by atoms with van der Waals surface area (Å²) in [6, 6.07) is 9.54. The second kappa shape index (κ2) is 7.38. The average molecular weight is 312 g/mol. The van der Waals surface area contributed by atoms with E-state index in [1.54, 1.807) is 0 Å². The number of benzene rings is 1. The Hall–Kier alpha value is -2.92. The maximum absolute atomic E-state index is 9.16. The van der Waals surface area contributed by atoms with Gasteiger partial charge in [0.2, 0.25) is 5.82 Å². The van der Waals surface area contributed by atoms with Crippen molar-refractivity contribution < 1.29 is 9.47 Å². The van der Waals surface area contributed by atoms with E-state index in [4.69, 9.17) is 14.7 Å². The monoisotopic (exact) mass is 312 g/mol. The number of rotatable bonds is 6. The Kier molecular flexibility index (Phi) is 4.81. The molecular formula is C15H16N6O2. The number of tetrazole rings is 1. The molecule has 3 rings (SSSR count). The van der Waals surface area contributed by atoms with E-state index in [2.05, 4.69) is 25.9 Å². The third kappa shape index (κ3) is 3.84. The highest BCUT2D eigenvalue weighted by Gasteiger charge is 2.16. The first-order chi connectivity index (χ1) is 11.4. The Morgan fingerprint density at radius 1 is 1.52 bits per heavy atom. The molecule has 8 heteroatoms. The summed E-state index contributed by atoms with van der Waals surface area (Å²) >= 11 is 0. The molecule has 1 aliphatic heterocycles. The second-order valence-corrected chi connectivity index (χ2v) is 4.99. The van der Waals surface area contributed by atoms with Gasteiger partial charge in [0.1, 0.15) is 24.0 Å². The molecular weight excluding hydrogens is 296 g/mol. The van der Waals surface area contributed by atoms with Gasteiger partial charge in [0.15, 0.2) is 0 Å². The standard InChI is InChI=1S/C15H16N6O2/c16-8-11(15-18-20-21-19-15)9-17-13-5-1-2-6-14(13)23-10-12-4-3-7-22-12/h1-2,5-6,9,12,17H,3-4,7,10H2,(H,18,19,20,21). The molecule has 1 atom stereocenters. The molecule has 0 amide bonds. The van der Waals surface area contributed by atoms with Crippen LogP contribution in [0.25, 0.3) is 5.57 Å². The number of aromatic amines is 1. The van der Waals surface area contributed by atoms with Crippen molar-refractivity contribution in [1.29, 1.82) is 5.26 Å². The minimum atomic E-state index is 0.146. The van der Waals surface area contributed by atoms with Crippen LogP contribution in [0.2, 0.25) is 0 Å². The van der Waals surface area contributed by atoms with Crippen LogP contribution in [0.1, 0.15) is 18.7 Å². The van der Waals surface area contributed by atoms with Crippen LogP contribution < -0.4 is 10.1 Å². The summed E-state index contributed by atoms with van der Waals surface area (Å²) in [5.74, 6) is 0.933. The van der Waals surface area contributed by atoms with Crippen molar-refractivity contribution >= 4 is 11.3 Å². The van der Waals surface area contributed by atoms with Crippen molar-refractivity contribution in [2.75, 3.05) is 18.5 Å². The van der Waals surface area contributed by atoms with E-state index in [0.717, 1.165) is 25.1 Å². The highest BCUT2D eigenvalue weighted by atomic mass is 16.5. The van der Waals surface area contributed by atoms with Crippen LogP contribution in [0.15, 0.2) is 30.5 Å². The molecule has 1 saturated heterocycles. The Bertz CT molecular complexity index is 701. The van der Waals surface area contributed by atoms with Crippen molar-refractivity contribution in [2.24, 2.45) is 0 Å². The fourth-order valence-electron chi connectivity index (χ4n) is 2.24. The summed E-state index contributed by atoms with van der Waals surface area (Å²) in [5, 5.41) is 25.5. The maximum atomic E-state index is 9.16. The van der Waals surface area contributed by atoms with Gasteiger partial charge in [-0.3, -0.25) is 0 Å². The summed E-state index contributed by atoms with van der Waals surface area (Å²) < 4.78 is 11.4. The molecule has 1 fully saturated rings. The van der Waals surface area contributed by atoms with Crippen molar-refractivity contribution in [2.45, 2.75) is 18.9 Å². The van der Waals surface area contributed by atoms with Gasteiger partial charge in [0.05, 0.1) is 11.8 Å². The van der Waals surface area contributed by atoms with Gasteiger partial charge in [-0.15, -0.1) is 10.2 Å². The number of ether oxygens (including phenoxy) is 2. The predicted octanol–water partition coefficient (Wildman–Crippen LogP) is 1.73. The third-order valence-electron chi connectivity index (χ3n) is 3.41. The van der Waals surface area contributed by atoms with E-state index >= 15 is 0 Å². The Balaban J connectivity index is 1.68.